The van der Waals surface area contributed by atoms with E-state index in [4.69, 9.17) is 16.7 Å². The normalized spacial score (nSPS) is 11.4. The lowest BCUT2D eigenvalue weighted by molar-refractivity contribution is 0.104. The van der Waals surface area contributed by atoms with Crippen LogP contribution in [0.3, 0.4) is 0 Å². The molecular formula is C28H22BrClN6OS. The smallest absolute Gasteiger partial charge is 0.255 e. The van der Waals surface area contributed by atoms with Crippen LogP contribution >= 0.6 is 39.3 Å². The van der Waals surface area contributed by atoms with Crippen molar-refractivity contribution in [3.8, 4) is 0 Å². The number of halogens is 2. The topological polar surface area (TPSA) is 85.1 Å². The summed E-state index contributed by atoms with van der Waals surface area (Å²) in [5.74, 6) is 1.91. The van der Waals surface area contributed by atoms with E-state index in [1.54, 1.807) is 22.7 Å². The second-order valence-corrected chi connectivity index (χ2v) is 10.7. The van der Waals surface area contributed by atoms with Gasteiger partial charge in [-0.3, -0.25) is 4.79 Å². The summed E-state index contributed by atoms with van der Waals surface area (Å²) in [4.78, 5) is 26.2. The first-order valence-electron chi connectivity index (χ1n) is 11.7. The van der Waals surface area contributed by atoms with Gasteiger partial charge in [0, 0.05) is 33.3 Å². The van der Waals surface area contributed by atoms with E-state index >= 15 is 0 Å². The van der Waals surface area contributed by atoms with Crippen LogP contribution < -0.4 is 5.32 Å². The molecule has 0 aliphatic rings. The lowest BCUT2D eigenvalue weighted by Gasteiger charge is -2.12. The van der Waals surface area contributed by atoms with E-state index in [0.29, 0.717) is 27.2 Å². The summed E-state index contributed by atoms with van der Waals surface area (Å²) < 4.78 is 2.44. The lowest BCUT2D eigenvalue weighted by atomic mass is 10.1. The van der Waals surface area contributed by atoms with Crippen molar-refractivity contribution < 1.29 is 4.79 Å². The number of carbonyl (C=O) groups is 1. The van der Waals surface area contributed by atoms with Crippen LogP contribution in [0.25, 0.3) is 11.9 Å². The fraction of sp³-hybridized carbons (Fsp3) is 0.107. The maximum absolute atomic E-state index is 12.6. The Morgan fingerprint density at radius 3 is 2.53 bits per heavy atom. The van der Waals surface area contributed by atoms with E-state index in [2.05, 4.69) is 36.2 Å². The standard InChI is InChI=1S/C28H22BrClN6OS/c1-17-18(2)31-27-34-28(38-16-19-6-10-21(30)11-7-19)35-36(27)26(17)33-23-12-8-20(9-13-23)24(37)15-14-22-4-3-5-25(29)32-22/h3-15,33H,16H2,1-2H3/b15-14+. The Kier molecular flexibility index (Phi) is 7.87. The highest BCUT2D eigenvalue weighted by molar-refractivity contribution is 9.10. The van der Waals surface area contributed by atoms with Crippen molar-refractivity contribution in [2.45, 2.75) is 24.8 Å². The minimum atomic E-state index is -0.102. The molecule has 0 saturated carbocycles. The zero-order valence-electron chi connectivity index (χ0n) is 20.5. The molecule has 2 aromatic carbocycles. The summed E-state index contributed by atoms with van der Waals surface area (Å²) in [5.41, 5.74) is 5.06. The van der Waals surface area contributed by atoms with Crippen LogP contribution in [0.1, 0.15) is 32.9 Å². The second kappa shape index (κ2) is 11.5. The number of allylic oxidation sites excluding steroid dienone is 1. The molecule has 0 fully saturated rings. The molecule has 3 heterocycles. The first-order chi connectivity index (χ1) is 18.4. The van der Waals surface area contributed by atoms with E-state index in [1.807, 2.05) is 68.4 Å². The molecule has 0 atom stereocenters. The van der Waals surface area contributed by atoms with Crippen molar-refractivity contribution in [1.29, 1.82) is 0 Å². The van der Waals surface area contributed by atoms with E-state index in [0.717, 1.165) is 38.7 Å². The molecule has 0 bridgehead atoms. The Hall–Kier alpha value is -3.53. The van der Waals surface area contributed by atoms with Crippen LogP contribution in [0.15, 0.2) is 82.6 Å². The van der Waals surface area contributed by atoms with Crippen molar-refractivity contribution in [3.63, 3.8) is 0 Å². The van der Waals surface area contributed by atoms with E-state index in [9.17, 15) is 4.79 Å². The van der Waals surface area contributed by atoms with Crippen molar-refractivity contribution in [3.05, 3.63) is 111 Å². The average molecular weight is 606 g/mol. The number of carbonyl (C=O) groups excluding carboxylic acids is 1. The van der Waals surface area contributed by atoms with Gasteiger partial charge in [-0.1, -0.05) is 41.6 Å². The fourth-order valence-corrected chi connectivity index (χ4v) is 4.89. The minimum Gasteiger partial charge on any atom is -0.340 e. The highest BCUT2D eigenvalue weighted by atomic mass is 79.9. The zero-order chi connectivity index (χ0) is 26.6. The van der Waals surface area contributed by atoms with Gasteiger partial charge in [0.25, 0.3) is 5.78 Å². The summed E-state index contributed by atoms with van der Waals surface area (Å²) in [6.07, 6.45) is 3.22. The highest BCUT2D eigenvalue weighted by Gasteiger charge is 2.15. The van der Waals surface area contributed by atoms with Gasteiger partial charge in [-0.25, -0.2) is 9.97 Å². The summed E-state index contributed by atoms with van der Waals surface area (Å²) in [7, 11) is 0. The van der Waals surface area contributed by atoms with Gasteiger partial charge in [0.15, 0.2) is 5.78 Å². The molecule has 5 rings (SSSR count). The van der Waals surface area contributed by atoms with Crippen molar-refractivity contribution >= 4 is 68.4 Å². The predicted octanol–water partition coefficient (Wildman–Crippen LogP) is 7.48. The third-order valence-corrected chi connectivity index (χ3v) is 7.41. The maximum atomic E-state index is 12.6. The van der Waals surface area contributed by atoms with Gasteiger partial charge in [-0.05, 0) is 96.0 Å². The number of aromatic nitrogens is 5. The first-order valence-corrected chi connectivity index (χ1v) is 13.8. The molecule has 10 heteroatoms. The Balaban J connectivity index is 1.33. The third-order valence-electron chi connectivity index (χ3n) is 5.80. The molecule has 0 aliphatic heterocycles. The molecule has 0 unspecified atom stereocenters. The molecule has 0 aliphatic carbocycles. The summed E-state index contributed by atoms with van der Waals surface area (Å²) in [5, 5.41) is 9.47. The van der Waals surface area contributed by atoms with Crippen molar-refractivity contribution in [1.82, 2.24) is 24.6 Å². The average Bonchev–Trinajstić information content (AvgIpc) is 3.32. The van der Waals surface area contributed by atoms with E-state index < -0.39 is 0 Å². The minimum absolute atomic E-state index is 0.102. The largest absolute Gasteiger partial charge is 0.340 e. The van der Waals surface area contributed by atoms with Gasteiger partial charge in [0.1, 0.15) is 10.4 Å². The maximum Gasteiger partial charge on any atom is 0.255 e. The van der Waals surface area contributed by atoms with E-state index in [-0.39, 0.29) is 5.78 Å². The number of fused-ring (bicyclic) bond motifs is 1. The van der Waals surface area contributed by atoms with Crippen LogP contribution in [-0.2, 0) is 5.75 Å². The number of thioether (sulfide) groups is 1. The van der Waals surface area contributed by atoms with Gasteiger partial charge >= 0.3 is 0 Å². The predicted molar refractivity (Wildman–Crippen MR) is 156 cm³/mol. The number of anilines is 2. The van der Waals surface area contributed by atoms with Crippen molar-refractivity contribution in [2.75, 3.05) is 5.32 Å². The van der Waals surface area contributed by atoms with E-state index in [1.165, 1.54) is 17.8 Å². The summed E-state index contributed by atoms with van der Waals surface area (Å²) >= 11 is 10.9. The van der Waals surface area contributed by atoms with Crippen LogP contribution in [0, 0.1) is 13.8 Å². The Morgan fingerprint density at radius 1 is 1.03 bits per heavy atom. The molecule has 1 N–H and O–H groups in total. The summed E-state index contributed by atoms with van der Waals surface area (Å²) in [6, 6.07) is 20.6. The third kappa shape index (κ3) is 6.12. The molecule has 0 saturated heterocycles. The number of aryl methyl sites for hydroxylation is 1. The zero-order valence-corrected chi connectivity index (χ0v) is 23.7. The molecule has 190 valence electrons. The monoisotopic (exact) mass is 604 g/mol. The number of hydrogen-bond donors (Lipinski definition) is 1. The first kappa shape index (κ1) is 26.1. The van der Waals surface area contributed by atoms with Gasteiger partial charge in [0.05, 0.1) is 5.69 Å². The number of benzene rings is 2. The number of ketones is 1. The molecule has 3 aromatic heterocycles. The molecule has 0 radical (unpaired) electrons. The van der Waals surface area contributed by atoms with Crippen LogP contribution in [0.5, 0.6) is 0 Å². The van der Waals surface area contributed by atoms with Crippen molar-refractivity contribution in [2.24, 2.45) is 0 Å². The molecule has 5 aromatic rings. The highest BCUT2D eigenvalue weighted by Crippen LogP contribution is 2.26. The molecule has 0 spiro atoms. The van der Waals surface area contributed by atoms with Gasteiger partial charge in [-0.15, -0.1) is 5.10 Å². The number of rotatable bonds is 8. The quantitative estimate of drug-likeness (QED) is 0.0849. The molecule has 7 nitrogen and oxygen atoms in total. The molecule has 38 heavy (non-hydrogen) atoms. The second-order valence-electron chi connectivity index (χ2n) is 8.48. The van der Waals surface area contributed by atoms with Gasteiger partial charge < -0.3 is 5.32 Å². The Bertz CT molecular complexity index is 1650. The number of hydrogen-bond acceptors (Lipinski definition) is 7. The van der Waals surface area contributed by atoms with Crippen LogP contribution in [0.2, 0.25) is 5.02 Å². The van der Waals surface area contributed by atoms with Gasteiger partial charge in [0.2, 0.25) is 5.16 Å². The number of nitrogens with zero attached hydrogens (tertiary/aromatic N) is 5. The van der Waals surface area contributed by atoms with Crippen LogP contribution in [-0.4, -0.2) is 30.3 Å². The van der Waals surface area contributed by atoms with Crippen LogP contribution in [0.4, 0.5) is 11.5 Å². The summed E-state index contributed by atoms with van der Waals surface area (Å²) in [6.45, 7) is 3.94. The molecule has 0 amide bonds. The number of pyridine rings is 1. The van der Waals surface area contributed by atoms with Gasteiger partial charge in [-0.2, -0.15) is 9.50 Å². The SMILES string of the molecule is Cc1nc2nc(SCc3ccc(Cl)cc3)nn2c(Nc2ccc(C(=O)/C=C/c3cccc(Br)n3)cc2)c1C. The Morgan fingerprint density at radius 2 is 1.79 bits per heavy atom. The molecular weight excluding hydrogens is 584 g/mol. The lowest BCUT2D eigenvalue weighted by Crippen LogP contribution is -2.06. The number of nitrogens with one attached hydrogen (secondary N) is 1. The fourth-order valence-electron chi connectivity index (χ4n) is 3.64. The Labute approximate surface area is 237 Å².